The first kappa shape index (κ1) is 22.4. The van der Waals surface area contributed by atoms with Gasteiger partial charge in [0.15, 0.2) is 0 Å². The Hall–Kier alpha value is -3.62. The van der Waals surface area contributed by atoms with E-state index in [2.05, 4.69) is 108 Å². The summed E-state index contributed by atoms with van der Waals surface area (Å²) in [5, 5.41) is 2.76. The highest BCUT2D eigenvalue weighted by Gasteiger charge is 2.42. The van der Waals surface area contributed by atoms with Crippen LogP contribution in [-0.2, 0) is 0 Å². The molecule has 0 bridgehead atoms. The van der Waals surface area contributed by atoms with Crippen LogP contribution in [-0.4, -0.2) is 6.04 Å². The van der Waals surface area contributed by atoms with Gasteiger partial charge in [-0.1, -0.05) is 85.7 Å². The van der Waals surface area contributed by atoms with Crippen LogP contribution in [0.4, 0.5) is 5.69 Å². The van der Waals surface area contributed by atoms with Crippen LogP contribution in [0.25, 0.3) is 36.9 Å². The van der Waals surface area contributed by atoms with Crippen LogP contribution >= 0.6 is 11.3 Å². The Labute approximate surface area is 228 Å². The fourth-order valence-electron chi connectivity index (χ4n) is 7.25. The molecule has 1 unspecified atom stereocenters. The summed E-state index contributed by atoms with van der Waals surface area (Å²) in [5.74, 6) is 0.625. The molecule has 4 aromatic carbocycles. The second-order valence-electron chi connectivity index (χ2n) is 11.1. The summed E-state index contributed by atoms with van der Waals surface area (Å²) in [6.45, 7) is 0. The molecular formula is C36H31NS. The normalized spacial score (nSPS) is 20.8. The Bertz CT molecular complexity index is 1740. The fraction of sp³-hybridized carbons (Fsp3) is 0.222. The van der Waals surface area contributed by atoms with Gasteiger partial charge < -0.3 is 4.90 Å². The van der Waals surface area contributed by atoms with Crippen molar-refractivity contribution in [3.8, 4) is 11.1 Å². The summed E-state index contributed by atoms with van der Waals surface area (Å²) in [4.78, 5) is 2.77. The topological polar surface area (TPSA) is 3.24 Å². The lowest BCUT2D eigenvalue weighted by atomic mass is 9.81. The minimum Gasteiger partial charge on any atom is -0.341 e. The minimum atomic E-state index is 0.581. The van der Waals surface area contributed by atoms with E-state index in [0.717, 1.165) is 12.8 Å². The Balaban J connectivity index is 1.26. The van der Waals surface area contributed by atoms with Gasteiger partial charge in [0.2, 0.25) is 0 Å². The molecule has 0 radical (unpaired) electrons. The van der Waals surface area contributed by atoms with E-state index in [0.29, 0.717) is 12.0 Å². The number of hydrogen-bond acceptors (Lipinski definition) is 2. The third-order valence-electron chi connectivity index (χ3n) is 8.98. The molecule has 5 aromatic rings. The van der Waals surface area contributed by atoms with Crippen molar-refractivity contribution >= 4 is 42.8 Å². The summed E-state index contributed by atoms with van der Waals surface area (Å²) in [6, 6.07) is 34.8. The SMILES string of the molecule is C1=CC(c2ccccc2)=C(N2c3ccc(-c4ccc5sc6ccccc6c5c4)cc3C3CCCC[C@H]32)CC1. The summed E-state index contributed by atoms with van der Waals surface area (Å²) < 4.78 is 2.75. The Morgan fingerprint density at radius 3 is 2.42 bits per heavy atom. The third-order valence-corrected chi connectivity index (χ3v) is 10.1. The largest absolute Gasteiger partial charge is 0.341 e. The van der Waals surface area contributed by atoms with Crippen molar-refractivity contribution in [1.82, 2.24) is 0 Å². The number of fused-ring (bicyclic) bond motifs is 6. The average molecular weight is 510 g/mol. The smallest absolute Gasteiger partial charge is 0.0447 e. The lowest BCUT2D eigenvalue weighted by molar-refractivity contribution is 0.395. The van der Waals surface area contributed by atoms with E-state index in [-0.39, 0.29) is 0 Å². The number of allylic oxidation sites excluding steroid dienone is 4. The summed E-state index contributed by atoms with van der Waals surface area (Å²) in [7, 11) is 0. The van der Waals surface area contributed by atoms with Gasteiger partial charge in [0, 0.05) is 49.1 Å². The first-order valence-electron chi connectivity index (χ1n) is 14.2. The van der Waals surface area contributed by atoms with Gasteiger partial charge in [-0.3, -0.25) is 0 Å². The van der Waals surface area contributed by atoms with Crippen LogP contribution in [0.5, 0.6) is 0 Å². The molecule has 0 saturated heterocycles. The van der Waals surface area contributed by atoms with E-state index in [1.54, 1.807) is 5.56 Å². The van der Waals surface area contributed by atoms with Crippen LogP contribution in [0.2, 0.25) is 0 Å². The Morgan fingerprint density at radius 2 is 1.47 bits per heavy atom. The van der Waals surface area contributed by atoms with Gasteiger partial charge >= 0.3 is 0 Å². The second kappa shape index (κ2) is 8.99. The van der Waals surface area contributed by atoms with Gasteiger partial charge in [-0.05, 0) is 78.3 Å². The van der Waals surface area contributed by atoms with Crippen molar-refractivity contribution in [2.75, 3.05) is 4.90 Å². The molecule has 186 valence electrons. The zero-order chi connectivity index (χ0) is 25.1. The Morgan fingerprint density at radius 1 is 0.684 bits per heavy atom. The Kier molecular flexibility index (Phi) is 5.29. The first-order valence-corrected chi connectivity index (χ1v) is 15.0. The number of anilines is 1. The molecule has 1 fully saturated rings. The van der Waals surface area contributed by atoms with E-state index >= 15 is 0 Å². The molecule has 38 heavy (non-hydrogen) atoms. The van der Waals surface area contributed by atoms with E-state index in [1.807, 2.05) is 11.3 Å². The highest BCUT2D eigenvalue weighted by Crippen LogP contribution is 2.52. The molecule has 8 rings (SSSR count). The number of benzene rings is 4. The molecule has 0 spiro atoms. The van der Waals surface area contributed by atoms with E-state index < -0.39 is 0 Å². The lowest BCUT2D eigenvalue weighted by Gasteiger charge is -2.37. The summed E-state index contributed by atoms with van der Waals surface area (Å²) >= 11 is 1.90. The van der Waals surface area contributed by atoms with Gasteiger partial charge in [-0.2, -0.15) is 0 Å². The van der Waals surface area contributed by atoms with Crippen molar-refractivity contribution in [2.24, 2.45) is 0 Å². The van der Waals surface area contributed by atoms with Gasteiger partial charge in [0.25, 0.3) is 0 Å². The number of thiophene rings is 1. The van der Waals surface area contributed by atoms with E-state index in [4.69, 9.17) is 0 Å². The van der Waals surface area contributed by atoms with Crippen molar-refractivity contribution in [3.05, 3.63) is 120 Å². The van der Waals surface area contributed by atoms with E-state index in [1.165, 1.54) is 79.5 Å². The van der Waals surface area contributed by atoms with Gasteiger partial charge in [0.1, 0.15) is 0 Å². The fourth-order valence-corrected chi connectivity index (χ4v) is 8.33. The predicted molar refractivity (Wildman–Crippen MR) is 164 cm³/mol. The maximum atomic E-state index is 2.77. The molecule has 2 heteroatoms. The first-order chi connectivity index (χ1) is 18.8. The lowest BCUT2D eigenvalue weighted by Crippen LogP contribution is -2.36. The summed E-state index contributed by atoms with van der Waals surface area (Å²) in [6.07, 6.45) is 12.2. The van der Waals surface area contributed by atoms with Gasteiger partial charge in [-0.25, -0.2) is 0 Å². The van der Waals surface area contributed by atoms with Crippen molar-refractivity contribution in [1.29, 1.82) is 0 Å². The molecule has 1 saturated carbocycles. The van der Waals surface area contributed by atoms with Crippen LogP contribution in [0.3, 0.4) is 0 Å². The molecule has 1 aromatic heterocycles. The molecule has 3 aliphatic rings. The minimum absolute atomic E-state index is 0.581. The zero-order valence-electron chi connectivity index (χ0n) is 21.6. The van der Waals surface area contributed by atoms with Crippen LogP contribution in [0.1, 0.15) is 55.6 Å². The predicted octanol–water partition coefficient (Wildman–Crippen LogP) is 10.3. The standard InChI is InChI=1S/C36H31NS/c1-2-10-24(11-3-1)27-12-4-7-15-32(27)37-33-16-8-5-13-28(33)30-22-25(18-20-34(30)37)26-19-21-36-31(23-26)29-14-6-9-17-35(29)38-36/h1-4,6,9-12,14,17-23,28,33H,5,7-8,13,15-16H2/t28?,33-/m1/s1. The quantitative estimate of drug-likeness (QED) is 0.234. The van der Waals surface area contributed by atoms with Crippen LogP contribution in [0, 0.1) is 0 Å². The van der Waals surface area contributed by atoms with Crippen LogP contribution < -0.4 is 4.90 Å². The molecule has 2 atom stereocenters. The second-order valence-corrected chi connectivity index (χ2v) is 12.2. The maximum absolute atomic E-state index is 2.77. The van der Waals surface area contributed by atoms with Gasteiger partial charge in [-0.15, -0.1) is 11.3 Å². The average Bonchev–Trinajstić information content (AvgIpc) is 3.52. The highest BCUT2D eigenvalue weighted by atomic mass is 32.1. The van der Waals surface area contributed by atoms with Crippen molar-refractivity contribution in [3.63, 3.8) is 0 Å². The molecule has 1 nitrogen and oxygen atoms in total. The molecule has 0 N–H and O–H groups in total. The van der Waals surface area contributed by atoms with Crippen molar-refractivity contribution in [2.45, 2.75) is 50.5 Å². The van der Waals surface area contributed by atoms with Crippen molar-refractivity contribution < 1.29 is 0 Å². The number of nitrogens with zero attached hydrogens (tertiary/aromatic N) is 1. The monoisotopic (exact) mass is 509 g/mol. The molecule has 0 amide bonds. The molecule has 2 heterocycles. The number of rotatable bonds is 3. The van der Waals surface area contributed by atoms with Crippen LogP contribution in [0.15, 0.2) is 109 Å². The molecule has 2 aliphatic carbocycles. The summed E-state index contributed by atoms with van der Waals surface area (Å²) in [5.41, 5.74) is 9.98. The number of hydrogen-bond donors (Lipinski definition) is 0. The highest BCUT2D eigenvalue weighted by molar-refractivity contribution is 7.25. The maximum Gasteiger partial charge on any atom is 0.0447 e. The molecule has 1 aliphatic heterocycles. The van der Waals surface area contributed by atoms with E-state index in [9.17, 15) is 0 Å². The van der Waals surface area contributed by atoms with Gasteiger partial charge in [0.05, 0.1) is 0 Å². The third kappa shape index (κ3) is 3.50. The zero-order valence-corrected chi connectivity index (χ0v) is 22.4. The molecular weight excluding hydrogens is 478 g/mol.